The van der Waals surface area contributed by atoms with Crippen LogP contribution < -0.4 is 5.76 Å². The molecule has 52 valence electrons. The molecule has 1 N–H and O–H groups in total. The summed E-state index contributed by atoms with van der Waals surface area (Å²) in [7, 11) is 0. The summed E-state index contributed by atoms with van der Waals surface area (Å²) >= 11 is 0. The van der Waals surface area contributed by atoms with Crippen molar-refractivity contribution in [3.63, 3.8) is 0 Å². The summed E-state index contributed by atoms with van der Waals surface area (Å²) in [4.78, 5) is 12.7. The van der Waals surface area contributed by atoms with Crippen LogP contribution in [0.4, 0.5) is 0 Å². The van der Waals surface area contributed by atoms with Crippen LogP contribution in [0, 0.1) is 0 Å². The van der Waals surface area contributed by atoms with Gasteiger partial charge in [0.05, 0.1) is 0 Å². The average Bonchev–Trinajstić information content (AvgIpc) is 2.20. The average molecular weight is 142 g/mol. The summed E-state index contributed by atoms with van der Waals surface area (Å²) in [6.45, 7) is 0. The van der Waals surface area contributed by atoms with Crippen molar-refractivity contribution < 1.29 is 9.52 Å². The number of hydrogen-bond acceptors (Lipinski definition) is 4. The second-order valence-corrected chi connectivity index (χ2v) is 1.35. The second kappa shape index (κ2) is 2.16. The number of oxazole rings is 1. The van der Waals surface area contributed by atoms with Crippen LogP contribution in [0.3, 0.4) is 0 Å². The van der Waals surface area contributed by atoms with Crippen molar-refractivity contribution in [1.82, 2.24) is 4.68 Å². The fourth-order valence-electron chi connectivity index (χ4n) is 0.419. The van der Waals surface area contributed by atoms with Crippen molar-refractivity contribution in [1.29, 1.82) is 0 Å². The molecule has 1 heterocycles. The van der Waals surface area contributed by atoms with Crippen molar-refractivity contribution >= 4 is 0 Å². The first-order chi connectivity index (χ1) is 4.75. The number of hydrogen-bond donors (Lipinski definition) is 1. The van der Waals surface area contributed by atoms with Crippen LogP contribution in [0.1, 0.15) is 0 Å². The Morgan fingerprint density at radius 2 is 2.60 bits per heavy atom. The maximum absolute atomic E-state index is 10.4. The summed E-state index contributed by atoms with van der Waals surface area (Å²) < 4.78 is 4.53. The first-order valence-corrected chi connectivity index (χ1v) is 2.20. The molecule has 0 aliphatic heterocycles. The molecule has 7 heteroatoms. The van der Waals surface area contributed by atoms with Crippen LogP contribution in [0.2, 0.25) is 0 Å². The quantitative estimate of drug-likeness (QED) is 0.344. The summed E-state index contributed by atoms with van der Waals surface area (Å²) in [5.41, 5.74) is 7.83. The van der Waals surface area contributed by atoms with Gasteiger partial charge in [-0.1, -0.05) is 4.68 Å². The van der Waals surface area contributed by atoms with Crippen LogP contribution in [-0.4, -0.2) is 9.78 Å². The minimum Gasteiger partial charge on any atom is -0.475 e. The number of azide groups is 1. The van der Waals surface area contributed by atoms with Gasteiger partial charge in [-0.05, 0) is 0 Å². The van der Waals surface area contributed by atoms with Crippen LogP contribution in [0.25, 0.3) is 10.4 Å². The molecule has 0 amide bonds. The topological polar surface area (TPSA) is 104 Å². The van der Waals surface area contributed by atoms with E-state index < -0.39 is 11.6 Å². The van der Waals surface area contributed by atoms with E-state index in [1.807, 2.05) is 0 Å². The van der Waals surface area contributed by atoms with Crippen molar-refractivity contribution in [3.05, 3.63) is 27.3 Å². The number of rotatable bonds is 1. The van der Waals surface area contributed by atoms with Gasteiger partial charge in [-0.2, -0.15) is 9.71 Å². The van der Waals surface area contributed by atoms with E-state index in [0.717, 1.165) is 6.26 Å². The molecule has 0 saturated carbocycles. The Hall–Kier alpha value is -1.88. The second-order valence-electron chi connectivity index (χ2n) is 1.35. The zero-order valence-electron chi connectivity index (χ0n) is 4.63. The van der Waals surface area contributed by atoms with Gasteiger partial charge in [0.25, 0.3) is 0 Å². The number of aromatic nitrogens is 1. The molecule has 0 aliphatic rings. The minimum atomic E-state index is -0.921. The molecule has 0 aromatic carbocycles. The molecule has 1 aromatic heterocycles. The summed E-state index contributed by atoms with van der Waals surface area (Å²) in [5.74, 6) is -1.45. The first kappa shape index (κ1) is 6.24. The minimum absolute atomic E-state index is 0.389. The maximum Gasteiger partial charge on any atom is 0.523 e. The largest absolute Gasteiger partial charge is 0.523 e. The zero-order chi connectivity index (χ0) is 7.56. The predicted octanol–water partition coefficient (Wildman–Crippen LogP) is 0.220. The van der Waals surface area contributed by atoms with E-state index in [-0.39, 0.29) is 0 Å². The van der Waals surface area contributed by atoms with Crippen LogP contribution in [0.15, 0.2) is 20.7 Å². The van der Waals surface area contributed by atoms with Crippen molar-refractivity contribution in [2.75, 3.05) is 0 Å². The van der Waals surface area contributed by atoms with E-state index in [1.165, 1.54) is 0 Å². The van der Waals surface area contributed by atoms with Crippen molar-refractivity contribution in [2.45, 2.75) is 0 Å². The summed E-state index contributed by atoms with van der Waals surface area (Å²) in [6, 6.07) is 0. The number of aromatic hydroxyl groups is 1. The lowest BCUT2D eigenvalue weighted by molar-refractivity contribution is 0.426. The molecular weight excluding hydrogens is 140 g/mol. The van der Waals surface area contributed by atoms with Crippen molar-refractivity contribution in [3.8, 4) is 5.88 Å². The van der Waals surface area contributed by atoms with E-state index >= 15 is 0 Å². The summed E-state index contributed by atoms with van der Waals surface area (Å²) in [6.07, 6.45) is 0.775. The van der Waals surface area contributed by atoms with Gasteiger partial charge in [0.15, 0.2) is 6.26 Å². The standard InChI is InChI=1S/C3H2N4O3/c4-5-6-7-2(8)1-10-3(7)9/h1,8H. The number of nitrogens with zero attached hydrogens (tertiary/aromatic N) is 4. The van der Waals surface area contributed by atoms with E-state index in [9.17, 15) is 4.79 Å². The molecule has 0 unspecified atom stereocenters. The van der Waals surface area contributed by atoms with Crippen LogP contribution >= 0.6 is 0 Å². The summed E-state index contributed by atoms with van der Waals surface area (Å²) in [5, 5.41) is 11.5. The molecule has 1 aromatic rings. The SMILES string of the molecule is [N-]=[N+]=Nn1c(O)coc1=O. The molecule has 0 spiro atoms. The van der Waals surface area contributed by atoms with Gasteiger partial charge in [0.1, 0.15) is 0 Å². The lowest BCUT2D eigenvalue weighted by Crippen LogP contribution is -2.06. The molecule has 0 aliphatic carbocycles. The molecule has 0 radical (unpaired) electrons. The molecule has 0 atom stereocenters. The van der Waals surface area contributed by atoms with Crippen LogP contribution in [0.5, 0.6) is 5.88 Å². The maximum atomic E-state index is 10.4. The van der Waals surface area contributed by atoms with Crippen LogP contribution in [-0.2, 0) is 0 Å². The van der Waals surface area contributed by atoms with Gasteiger partial charge < -0.3 is 9.52 Å². The molecule has 7 nitrogen and oxygen atoms in total. The molecule has 1 rings (SSSR count). The third-order valence-corrected chi connectivity index (χ3v) is 0.785. The van der Waals surface area contributed by atoms with E-state index in [2.05, 4.69) is 14.6 Å². The van der Waals surface area contributed by atoms with E-state index in [0.29, 0.717) is 4.68 Å². The third-order valence-electron chi connectivity index (χ3n) is 0.785. The Morgan fingerprint density at radius 3 is 3.00 bits per heavy atom. The van der Waals surface area contributed by atoms with Gasteiger partial charge >= 0.3 is 11.6 Å². The molecule has 0 fully saturated rings. The third kappa shape index (κ3) is 0.805. The van der Waals surface area contributed by atoms with Gasteiger partial charge in [-0.15, -0.1) is 5.53 Å². The highest BCUT2D eigenvalue weighted by Gasteiger charge is 2.08. The highest BCUT2D eigenvalue weighted by molar-refractivity contribution is 4.98. The molecule has 0 saturated heterocycles. The van der Waals surface area contributed by atoms with Gasteiger partial charge in [0.2, 0.25) is 0 Å². The van der Waals surface area contributed by atoms with Gasteiger partial charge in [-0.25, -0.2) is 0 Å². The lowest BCUT2D eigenvalue weighted by Gasteiger charge is -1.78. The Balaban J connectivity index is 3.36. The van der Waals surface area contributed by atoms with E-state index in [4.69, 9.17) is 10.6 Å². The van der Waals surface area contributed by atoms with Gasteiger partial charge in [-0.3, -0.25) is 0 Å². The monoisotopic (exact) mass is 142 g/mol. The van der Waals surface area contributed by atoms with Crippen molar-refractivity contribution in [2.24, 2.45) is 5.22 Å². The van der Waals surface area contributed by atoms with Gasteiger partial charge in [0, 0.05) is 5.22 Å². The van der Waals surface area contributed by atoms with E-state index in [1.54, 1.807) is 0 Å². The fourth-order valence-corrected chi connectivity index (χ4v) is 0.419. The zero-order valence-corrected chi connectivity index (χ0v) is 4.63. The molecular formula is C3H2N4O3. The Morgan fingerprint density at radius 1 is 1.90 bits per heavy atom. The normalized spacial score (nSPS) is 8.80. The lowest BCUT2D eigenvalue weighted by atomic mass is 10.9. The Labute approximate surface area is 53.7 Å². The highest BCUT2D eigenvalue weighted by Crippen LogP contribution is 2.02. The first-order valence-electron chi connectivity index (χ1n) is 2.20. The highest BCUT2D eigenvalue weighted by atomic mass is 16.4. The smallest absolute Gasteiger partial charge is 0.475 e. The Kier molecular flexibility index (Phi) is 1.35. The molecule has 10 heavy (non-hydrogen) atoms. The fraction of sp³-hybridized carbons (Fsp3) is 0. The predicted molar refractivity (Wildman–Crippen MR) is 29.2 cm³/mol. The molecule has 0 bridgehead atoms. The Bertz CT molecular complexity index is 330.